The number of carboxylic acid groups (broad SMARTS) is 1. The molecular formula is C11H24NNaO2. The predicted molar refractivity (Wildman–Crippen MR) is 59.6 cm³/mol. The third-order valence-corrected chi connectivity index (χ3v) is 2.30. The summed E-state index contributed by atoms with van der Waals surface area (Å²) in [5, 5.41) is 8.59. The summed E-state index contributed by atoms with van der Waals surface area (Å²) in [6.45, 7) is 7.12. The van der Waals surface area contributed by atoms with Gasteiger partial charge >= 0.3 is 35.5 Å². The van der Waals surface area contributed by atoms with E-state index >= 15 is 0 Å². The summed E-state index contributed by atoms with van der Waals surface area (Å²) in [4.78, 5) is 12.7. The molecule has 0 atom stereocenters. The van der Waals surface area contributed by atoms with E-state index in [0.29, 0.717) is 6.54 Å². The Balaban J connectivity index is -0.000000845. The third-order valence-electron chi connectivity index (χ3n) is 2.30. The summed E-state index contributed by atoms with van der Waals surface area (Å²) < 4.78 is 0. The maximum absolute atomic E-state index is 10.4. The van der Waals surface area contributed by atoms with Crippen LogP contribution >= 0.6 is 0 Å². The van der Waals surface area contributed by atoms with Gasteiger partial charge in [-0.1, -0.05) is 26.7 Å². The number of nitrogens with zero attached hydrogens (tertiary/aromatic N) is 1. The Morgan fingerprint density at radius 1 is 1.13 bits per heavy atom. The van der Waals surface area contributed by atoms with Crippen LogP contribution in [0.3, 0.4) is 0 Å². The van der Waals surface area contributed by atoms with Crippen molar-refractivity contribution in [3.05, 3.63) is 0 Å². The second-order valence-electron chi connectivity index (χ2n) is 3.69. The average Bonchev–Trinajstić information content (AvgIpc) is 2.16. The molecule has 0 amide bonds. The second-order valence-corrected chi connectivity index (χ2v) is 3.69. The zero-order chi connectivity index (χ0) is 10.8. The van der Waals surface area contributed by atoms with E-state index in [0.717, 1.165) is 13.1 Å². The quantitative estimate of drug-likeness (QED) is 0.537. The second kappa shape index (κ2) is 12.5. The number of carbonyl (C=O) groups is 1. The summed E-state index contributed by atoms with van der Waals surface area (Å²) in [6.07, 6.45) is 4.96. The van der Waals surface area contributed by atoms with Crippen LogP contribution in [0.15, 0.2) is 0 Å². The van der Waals surface area contributed by atoms with Crippen LogP contribution in [0.25, 0.3) is 0 Å². The SMILES string of the molecule is CCCCN(CCCC)CCC(=O)O.[H-].[Na+]. The summed E-state index contributed by atoms with van der Waals surface area (Å²) in [5.41, 5.74) is 0. The zero-order valence-electron chi connectivity index (χ0n) is 11.5. The molecule has 0 spiro atoms. The molecule has 0 unspecified atom stereocenters. The van der Waals surface area contributed by atoms with Gasteiger partial charge in [0, 0.05) is 6.54 Å². The molecule has 15 heavy (non-hydrogen) atoms. The standard InChI is InChI=1S/C11H23NO2.Na.H/c1-3-5-8-12(9-6-4-2)10-7-11(13)14;;/h3-10H2,1-2H3,(H,13,14);;/q;+1;-1. The van der Waals surface area contributed by atoms with Gasteiger partial charge in [-0.15, -0.1) is 0 Å². The number of hydrogen-bond donors (Lipinski definition) is 1. The normalized spacial score (nSPS) is 10.1. The molecule has 0 saturated carbocycles. The van der Waals surface area contributed by atoms with Crippen molar-refractivity contribution in [1.29, 1.82) is 0 Å². The van der Waals surface area contributed by atoms with Crippen molar-refractivity contribution in [1.82, 2.24) is 4.90 Å². The minimum absolute atomic E-state index is 0. The molecule has 0 aromatic heterocycles. The van der Waals surface area contributed by atoms with E-state index in [1.54, 1.807) is 0 Å². The van der Waals surface area contributed by atoms with E-state index < -0.39 is 5.97 Å². The third kappa shape index (κ3) is 12.4. The van der Waals surface area contributed by atoms with Crippen LogP contribution in [0, 0.1) is 0 Å². The number of hydrogen-bond acceptors (Lipinski definition) is 2. The fourth-order valence-corrected chi connectivity index (χ4v) is 1.35. The van der Waals surface area contributed by atoms with Gasteiger partial charge in [-0.2, -0.15) is 0 Å². The van der Waals surface area contributed by atoms with Crippen molar-refractivity contribution in [2.45, 2.75) is 46.0 Å². The summed E-state index contributed by atoms with van der Waals surface area (Å²) in [7, 11) is 0. The van der Waals surface area contributed by atoms with E-state index in [1.807, 2.05) is 0 Å². The Morgan fingerprint density at radius 3 is 1.93 bits per heavy atom. The van der Waals surface area contributed by atoms with Gasteiger partial charge in [0.15, 0.2) is 0 Å². The predicted octanol–water partition coefficient (Wildman–Crippen LogP) is -0.520. The molecule has 0 radical (unpaired) electrons. The van der Waals surface area contributed by atoms with Crippen LogP contribution in [0.4, 0.5) is 0 Å². The number of unbranched alkanes of at least 4 members (excludes halogenated alkanes) is 2. The van der Waals surface area contributed by atoms with Gasteiger partial charge in [0.2, 0.25) is 0 Å². The van der Waals surface area contributed by atoms with Gasteiger partial charge in [0.1, 0.15) is 0 Å². The maximum atomic E-state index is 10.4. The van der Waals surface area contributed by atoms with E-state index in [9.17, 15) is 4.79 Å². The first-order valence-electron chi connectivity index (χ1n) is 5.64. The van der Waals surface area contributed by atoms with Gasteiger partial charge in [0.25, 0.3) is 0 Å². The molecule has 0 bridgehead atoms. The Bertz CT molecular complexity index is 151. The molecule has 0 aliphatic heterocycles. The summed E-state index contributed by atoms with van der Waals surface area (Å²) >= 11 is 0. The van der Waals surface area contributed by atoms with Gasteiger partial charge in [-0.05, 0) is 25.9 Å². The van der Waals surface area contributed by atoms with Gasteiger partial charge < -0.3 is 11.4 Å². The van der Waals surface area contributed by atoms with E-state index in [1.165, 1.54) is 25.7 Å². The van der Waals surface area contributed by atoms with Crippen LogP contribution in [0.2, 0.25) is 0 Å². The Morgan fingerprint density at radius 2 is 1.60 bits per heavy atom. The number of rotatable bonds is 9. The Labute approximate surface area is 117 Å². The van der Waals surface area contributed by atoms with E-state index in [-0.39, 0.29) is 37.4 Å². The van der Waals surface area contributed by atoms with Gasteiger partial charge in [0.05, 0.1) is 6.42 Å². The van der Waals surface area contributed by atoms with Crippen molar-refractivity contribution in [2.75, 3.05) is 19.6 Å². The first-order valence-corrected chi connectivity index (χ1v) is 5.64. The van der Waals surface area contributed by atoms with Crippen LogP contribution in [-0.4, -0.2) is 35.6 Å². The topological polar surface area (TPSA) is 40.5 Å². The molecule has 0 aromatic rings. The molecule has 0 aliphatic rings. The van der Waals surface area contributed by atoms with E-state index in [4.69, 9.17) is 5.11 Å². The molecule has 0 heterocycles. The molecule has 0 aliphatic carbocycles. The number of carboxylic acids is 1. The summed E-state index contributed by atoms with van der Waals surface area (Å²) in [6, 6.07) is 0. The van der Waals surface area contributed by atoms with Crippen LogP contribution in [0.5, 0.6) is 0 Å². The van der Waals surface area contributed by atoms with Crippen LogP contribution < -0.4 is 29.6 Å². The molecule has 0 aromatic carbocycles. The zero-order valence-corrected chi connectivity index (χ0v) is 12.5. The molecule has 86 valence electrons. The number of aliphatic carboxylic acids is 1. The van der Waals surface area contributed by atoms with Crippen molar-refractivity contribution in [3.63, 3.8) is 0 Å². The molecule has 0 rings (SSSR count). The maximum Gasteiger partial charge on any atom is 1.00 e. The smallest absolute Gasteiger partial charge is 1.00 e. The average molecular weight is 225 g/mol. The fourth-order valence-electron chi connectivity index (χ4n) is 1.35. The molecule has 0 saturated heterocycles. The molecule has 0 fully saturated rings. The fraction of sp³-hybridized carbons (Fsp3) is 0.909. The van der Waals surface area contributed by atoms with Gasteiger partial charge in [-0.3, -0.25) is 4.79 Å². The van der Waals surface area contributed by atoms with Crippen molar-refractivity contribution < 1.29 is 40.9 Å². The van der Waals surface area contributed by atoms with Gasteiger partial charge in [-0.25, -0.2) is 0 Å². The van der Waals surface area contributed by atoms with Crippen LogP contribution in [-0.2, 0) is 4.79 Å². The molecule has 4 heteroatoms. The van der Waals surface area contributed by atoms with E-state index in [2.05, 4.69) is 18.7 Å². The largest absolute Gasteiger partial charge is 1.00 e. The molecule has 1 N–H and O–H groups in total. The van der Waals surface area contributed by atoms with Crippen molar-refractivity contribution in [3.8, 4) is 0 Å². The minimum atomic E-state index is -0.692. The monoisotopic (exact) mass is 225 g/mol. The minimum Gasteiger partial charge on any atom is -1.00 e. The summed E-state index contributed by atoms with van der Waals surface area (Å²) in [5.74, 6) is -0.692. The van der Waals surface area contributed by atoms with Crippen molar-refractivity contribution in [2.24, 2.45) is 0 Å². The van der Waals surface area contributed by atoms with Crippen molar-refractivity contribution >= 4 is 5.97 Å². The Hall–Kier alpha value is 0.430. The molecular weight excluding hydrogens is 201 g/mol. The molecule has 3 nitrogen and oxygen atoms in total. The Kier molecular flexibility index (Phi) is 14.8. The van der Waals surface area contributed by atoms with Crippen LogP contribution in [0.1, 0.15) is 47.4 Å². The first-order chi connectivity index (χ1) is 6.70. The first kappa shape index (κ1) is 17.8.